The molecule has 1 rings (SSSR count). The van der Waals surface area contributed by atoms with Gasteiger partial charge in [-0.15, -0.1) is 0 Å². The molecule has 0 heterocycles. The lowest BCUT2D eigenvalue weighted by Gasteiger charge is -2.25. The molecule has 0 amide bonds. The van der Waals surface area contributed by atoms with Crippen LogP contribution in [0, 0.1) is 5.92 Å². The zero-order chi connectivity index (χ0) is 12.9. The van der Waals surface area contributed by atoms with Crippen LogP contribution < -0.4 is 0 Å². The molecular formula is C14H19BrOS. The van der Waals surface area contributed by atoms with Crippen LogP contribution in [-0.4, -0.2) is 10.7 Å². The van der Waals surface area contributed by atoms with Gasteiger partial charge < -0.3 is 5.11 Å². The van der Waals surface area contributed by atoms with Crippen molar-refractivity contribution in [2.45, 2.75) is 37.7 Å². The van der Waals surface area contributed by atoms with Crippen molar-refractivity contribution in [3.05, 3.63) is 40.2 Å². The van der Waals surface area contributed by atoms with Gasteiger partial charge in [0.1, 0.15) is 0 Å². The Kier molecular flexibility index (Phi) is 5.77. The fourth-order valence-electron chi connectivity index (χ4n) is 1.64. The van der Waals surface area contributed by atoms with Crippen LogP contribution in [-0.2, 0) is 0 Å². The van der Waals surface area contributed by atoms with Gasteiger partial charge in [0.05, 0.1) is 5.60 Å². The summed E-state index contributed by atoms with van der Waals surface area (Å²) in [5.41, 5.74) is -0.782. The number of halogens is 1. The van der Waals surface area contributed by atoms with Gasteiger partial charge >= 0.3 is 0 Å². The third-order valence-corrected chi connectivity index (χ3v) is 4.65. The van der Waals surface area contributed by atoms with Crippen LogP contribution in [0.3, 0.4) is 0 Å². The number of benzene rings is 1. The molecule has 17 heavy (non-hydrogen) atoms. The lowest BCUT2D eigenvalue weighted by molar-refractivity contribution is 0.0848. The van der Waals surface area contributed by atoms with E-state index in [1.807, 2.05) is 30.5 Å². The van der Waals surface area contributed by atoms with Crippen LogP contribution in [0.4, 0.5) is 0 Å². The van der Waals surface area contributed by atoms with Gasteiger partial charge in [-0.3, -0.25) is 0 Å². The highest BCUT2D eigenvalue weighted by Gasteiger charge is 2.25. The fraction of sp³-hybridized carbons (Fsp3) is 0.429. The van der Waals surface area contributed by atoms with E-state index in [1.54, 1.807) is 11.8 Å². The van der Waals surface area contributed by atoms with E-state index < -0.39 is 5.60 Å². The molecule has 3 heteroatoms. The Morgan fingerprint density at radius 3 is 2.53 bits per heavy atom. The summed E-state index contributed by atoms with van der Waals surface area (Å²) >= 11 is 5.09. The van der Waals surface area contributed by atoms with E-state index in [4.69, 9.17) is 0 Å². The van der Waals surface area contributed by atoms with Crippen molar-refractivity contribution in [3.63, 3.8) is 0 Å². The highest BCUT2D eigenvalue weighted by molar-refractivity contribution is 9.11. The number of rotatable bonds is 5. The van der Waals surface area contributed by atoms with E-state index in [1.165, 1.54) is 4.90 Å². The van der Waals surface area contributed by atoms with E-state index >= 15 is 0 Å². The molecule has 0 aromatic heterocycles. The van der Waals surface area contributed by atoms with E-state index in [0.717, 1.165) is 10.9 Å². The smallest absolute Gasteiger partial charge is 0.0940 e. The second-order valence-corrected chi connectivity index (χ2v) is 6.57. The molecule has 0 aliphatic heterocycles. The first-order valence-electron chi connectivity index (χ1n) is 5.72. The Hall–Kier alpha value is -0.250. The van der Waals surface area contributed by atoms with E-state index in [0.29, 0.717) is 5.92 Å². The predicted octanol–water partition coefficient (Wildman–Crippen LogP) is 4.81. The predicted molar refractivity (Wildman–Crippen MR) is 79.4 cm³/mol. The average Bonchev–Trinajstić information content (AvgIpc) is 2.25. The van der Waals surface area contributed by atoms with Gasteiger partial charge in [0.15, 0.2) is 0 Å². The molecule has 0 radical (unpaired) electrons. The summed E-state index contributed by atoms with van der Waals surface area (Å²) in [4.78, 5) is 1.17. The maximum Gasteiger partial charge on any atom is 0.0940 e. The van der Waals surface area contributed by atoms with Crippen LogP contribution in [0.5, 0.6) is 0 Å². The molecule has 1 unspecified atom stereocenters. The second kappa shape index (κ2) is 6.62. The molecule has 0 bridgehead atoms. The molecule has 1 N–H and O–H groups in total. The molecule has 0 aliphatic carbocycles. The normalized spacial score (nSPS) is 16.0. The first kappa shape index (κ1) is 14.8. The van der Waals surface area contributed by atoms with Crippen molar-refractivity contribution in [1.82, 2.24) is 0 Å². The van der Waals surface area contributed by atoms with Crippen LogP contribution >= 0.6 is 27.7 Å². The standard InChI is InChI=1S/C14H19BrOS/c1-11(2)9-14(3,16)13(15)10-17-12-7-5-4-6-8-12/h4-8,10-11,16H,9H2,1-3H3/b13-10-. The van der Waals surface area contributed by atoms with E-state index in [2.05, 4.69) is 41.9 Å². The number of thioether (sulfide) groups is 1. The summed E-state index contributed by atoms with van der Waals surface area (Å²) in [6, 6.07) is 10.1. The summed E-state index contributed by atoms with van der Waals surface area (Å²) < 4.78 is 0.840. The summed E-state index contributed by atoms with van der Waals surface area (Å²) in [6.07, 6.45) is 0.749. The molecular weight excluding hydrogens is 296 g/mol. The van der Waals surface area contributed by atoms with Crippen LogP contribution in [0.2, 0.25) is 0 Å². The SMILES string of the molecule is CC(C)CC(C)(O)/C(Br)=C/Sc1ccccc1. The van der Waals surface area contributed by atoms with Gasteiger partial charge in [-0.2, -0.15) is 0 Å². The first-order valence-corrected chi connectivity index (χ1v) is 7.39. The second-order valence-electron chi connectivity index (χ2n) is 4.77. The van der Waals surface area contributed by atoms with Crippen LogP contribution in [0.15, 0.2) is 45.1 Å². The fourth-order valence-corrected chi connectivity index (χ4v) is 2.89. The lowest BCUT2D eigenvalue weighted by Crippen LogP contribution is -2.26. The molecule has 1 aromatic rings. The molecule has 0 saturated heterocycles. The molecule has 1 atom stereocenters. The summed E-state index contributed by atoms with van der Waals surface area (Å²) in [5.74, 6) is 0.465. The Morgan fingerprint density at radius 2 is 2.00 bits per heavy atom. The molecule has 1 nitrogen and oxygen atoms in total. The van der Waals surface area contributed by atoms with Gasteiger partial charge in [-0.25, -0.2) is 0 Å². The monoisotopic (exact) mass is 314 g/mol. The molecule has 0 saturated carbocycles. The number of hydrogen-bond acceptors (Lipinski definition) is 2. The maximum atomic E-state index is 10.3. The summed E-state index contributed by atoms with van der Waals surface area (Å²) in [6.45, 7) is 6.07. The van der Waals surface area contributed by atoms with Gasteiger partial charge in [-0.05, 0) is 36.8 Å². The van der Waals surface area contributed by atoms with Crippen molar-refractivity contribution in [2.24, 2.45) is 5.92 Å². The zero-order valence-corrected chi connectivity index (χ0v) is 12.9. The highest BCUT2D eigenvalue weighted by atomic mass is 79.9. The van der Waals surface area contributed by atoms with Crippen LogP contribution in [0.1, 0.15) is 27.2 Å². The molecule has 1 aromatic carbocycles. The van der Waals surface area contributed by atoms with Gasteiger partial charge in [0.2, 0.25) is 0 Å². The highest BCUT2D eigenvalue weighted by Crippen LogP contribution is 2.32. The third-order valence-electron chi connectivity index (χ3n) is 2.36. The molecule has 0 spiro atoms. The van der Waals surface area contributed by atoms with Gasteiger partial charge in [-0.1, -0.05) is 59.7 Å². The average molecular weight is 315 g/mol. The van der Waals surface area contributed by atoms with Crippen molar-refractivity contribution >= 4 is 27.7 Å². The van der Waals surface area contributed by atoms with Crippen LogP contribution in [0.25, 0.3) is 0 Å². The maximum absolute atomic E-state index is 10.3. The Bertz CT molecular complexity index is 371. The molecule has 0 fully saturated rings. The minimum absolute atomic E-state index is 0.465. The van der Waals surface area contributed by atoms with Crippen molar-refractivity contribution in [3.8, 4) is 0 Å². The quantitative estimate of drug-likeness (QED) is 0.787. The number of aliphatic hydroxyl groups is 1. The van der Waals surface area contributed by atoms with E-state index in [-0.39, 0.29) is 0 Å². The minimum Gasteiger partial charge on any atom is -0.385 e. The summed E-state index contributed by atoms with van der Waals surface area (Å²) in [7, 11) is 0. The third kappa shape index (κ3) is 5.28. The Balaban J connectivity index is 2.66. The topological polar surface area (TPSA) is 20.2 Å². The number of hydrogen-bond donors (Lipinski definition) is 1. The zero-order valence-electron chi connectivity index (χ0n) is 10.5. The lowest BCUT2D eigenvalue weighted by atomic mass is 9.95. The van der Waals surface area contributed by atoms with Crippen molar-refractivity contribution in [2.75, 3.05) is 0 Å². The molecule has 94 valence electrons. The summed E-state index contributed by atoms with van der Waals surface area (Å²) in [5, 5.41) is 12.3. The first-order chi connectivity index (χ1) is 7.92. The largest absolute Gasteiger partial charge is 0.385 e. The minimum atomic E-state index is -0.782. The Morgan fingerprint density at radius 1 is 1.41 bits per heavy atom. The van der Waals surface area contributed by atoms with Gasteiger partial charge in [0.25, 0.3) is 0 Å². The molecule has 0 aliphatic rings. The van der Waals surface area contributed by atoms with E-state index in [9.17, 15) is 5.11 Å². The van der Waals surface area contributed by atoms with Crippen molar-refractivity contribution < 1.29 is 5.11 Å². The van der Waals surface area contributed by atoms with Crippen molar-refractivity contribution in [1.29, 1.82) is 0 Å². The Labute approximate surface area is 116 Å². The van der Waals surface area contributed by atoms with Gasteiger partial charge in [0, 0.05) is 9.38 Å².